The third-order valence-corrected chi connectivity index (χ3v) is 6.38. The number of para-hydroxylation sites is 1. The normalized spacial score (nSPS) is 14.2. The second kappa shape index (κ2) is 8.90. The molecule has 0 aromatic heterocycles. The van der Waals surface area contributed by atoms with Crippen molar-refractivity contribution < 1.29 is 14.3 Å². The molecule has 4 nitrogen and oxygen atoms in total. The highest BCUT2D eigenvalue weighted by atomic mass is 32.2. The molecule has 1 amide bonds. The van der Waals surface area contributed by atoms with E-state index in [9.17, 15) is 4.79 Å². The van der Waals surface area contributed by atoms with Crippen molar-refractivity contribution in [1.82, 2.24) is 0 Å². The van der Waals surface area contributed by atoms with Crippen molar-refractivity contribution in [2.45, 2.75) is 32.3 Å². The summed E-state index contributed by atoms with van der Waals surface area (Å²) in [5.41, 5.74) is 6.60. The van der Waals surface area contributed by atoms with Crippen LogP contribution >= 0.6 is 11.8 Å². The fourth-order valence-electron chi connectivity index (χ4n) is 3.73. The molecule has 3 aromatic rings. The maximum absolute atomic E-state index is 12.5. The molecule has 158 valence electrons. The zero-order valence-electron chi connectivity index (χ0n) is 18.1. The van der Waals surface area contributed by atoms with E-state index in [2.05, 4.69) is 38.2 Å². The van der Waals surface area contributed by atoms with E-state index < -0.39 is 0 Å². The van der Waals surface area contributed by atoms with Gasteiger partial charge in [-0.3, -0.25) is 4.79 Å². The number of hydrogen-bond acceptors (Lipinski definition) is 4. The number of ether oxygens (including phenoxy) is 2. The van der Waals surface area contributed by atoms with Gasteiger partial charge in [0, 0.05) is 4.90 Å². The van der Waals surface area contributed by atoms with Crippen molar-refractivity contribution in [1.29, 1.82) is 0 Å². The van der Waals surface area contributed by atoms with Crippen LogP contribution in [0.4, 0.5) is 5.69 Å². The molecular formula is C26H25NO3S. The molecule has 0 unspecified atom stereocenters. The van der Waals surface area contributed by atoms with E-state index in [1.54, 1.807) is 7.11 Å². The number of aryl methyl sites for hydroxylation is 3. The molecule has 0 spiro atoms. The van der Waals surface area contributed by atoms with Gasteiger partial charge in [-0.2, -0.15) is 0 Å². The van der Waals surface area contributed by atoms with Crippen molar-refractivity contribution in [3.05, 3.63) is 87.3 Å². The highest BCUT2D eigenvalue weighted by Gasteiger charge is 2.20. The Morgan fingerprint density at radius 1 is 0.968 bits per heavy atom. The van der Waals surface area contributed by atoms with Crippen LogP contribution in [-0.2, 0) is 11.4 Å². The summed E-state index contributed by atoms with van der Waals surface area (Å²) in [5, 5.41) is 2.94. The monoisotopic (exact) mass is 431 g/mol. The number of carbonyl (C=O) groups excluding carboxylic acids is 1. The summed E-state index contributed by atoms with van der Waals surface area (Å²) in [6.45, 7) is 6.79. The summed E-state index contributed by atoms with van der Waals surface area (Å²) in [5.74, 6) is 1.21. The van der Waals surface area contributed by atoms with Gasteiger partial charge >= 0.3 is 0 Å². The zero-order chi connectivity index (χ0) is 22.0. The highest BCUT2D eigenvalue weighted by Crippen LogP contribution is 2.39. The molecule has 1 heterocycles. The first kappa shape index (κ1) is 21.1. The van der Waals surface area contributed by atoms with Gasteiger partial charge in [0.05, 0.1) is 17.7 Å². The molecule has 1 aliphatic rings. The van der Waals surface area contributed by atoms with Gasteiger partial charge in [0.1, 0.15) is 6.61 Å². The van der Waals surface area contributed by atoms with Crippen molar-refractivity contribution in [3.8, 4) is 11.5 Å². The number of rotatable bonds is 5. The molecule has 0 aliphatic carbocycles. The Morgan fingerprint density at radius 3 is 2.45 bits per heavy atom. The lowest BCUT2D eigenvalue weighted by atomic mass is 10.0. The maximum atomic E-state index is 12.5. The Bertz CT molecular complexity index is 1160. The molecule has 0 saturated carbocycles. The van der Waals surface area contributed by atoms with Crippen LogP contribution in [-0.4, -0.2) is 13.0 Å². The predicted octanol–water partition coefficient (Wildman–Crippen LogP) is 6.28. The van der Waals surface area contributed by atoms with Gasteiger partial charge in [-0.05, 0) is 73.4 Å². The number of benzene rings is 3. The number of thioether (sulfide) groups is 1. The molecular weight excluding hydrogens is 406 g/mol. The van der Waals surface area contributed by atoms with E-state index >= 15 is 0 Å². The van der Waals surface area contributed by atoms with Crippen LogP contribution in [0.5, 0.6) is 11.5 Å². The second-order valence-electron chi connectivity index (χ2n) is 7.64. The number of carbonyl (C=O) groups is 1. The van der Waals surface area contributed by atoms with Crippen LogP contribution in [0, 0.1) is 20.8 Å². The lowest BCUT2D eigenvalue weighted by Gasteiger charge is -2.18. The van der Waals surface area contributed by atoms with Crippen LogP contribution < -0.4 is 14.8 Å². The Morgan fingerprint density at radius 2 is 1.71 bits per heavy atom. The van der Waals surface area contributed by atoms with E-state index in [1.807, 2.05) is 48.5 Å². The first-order valence-corrected chi connectivity index (χ1v) is 10.9. The Balaban J connectivity index is 1.55. The molecule has 1 aliphatic heterocycles. The van der Waals surface area contributed by atoms with Crippen LogP contribution in [0.25, 0.3) is 6.08 Å². The van der Waals surface area contributed by atoms with Crippen LogP contribution in [0.2, 0.25) is 0 Å². The number of anilines is 1. The molecule has 0 fully saturated rings. The van der Waals surface area contributed by atoms with Crippen LogP contribution in [0.3, 0.4) is 0 Å². The summed E-state index contributed by atoms with van der Waals surface area (Å²) in [6.07, 6.45) is 1.87. The molecule has 31 heavy (non-hydrogen) atoms. The smallest absolute Gasteiger partial charge is 0.262 e. The fourth-order valence-corrected chi connectivity index (χ4v) is 4.69. The lowest BCUT2D eigenvalue weighted by molar-refractivity contribution is -0.112. The number of nitrogens with one attached hydrogen (secondary N) is 1. The minimum absolute atomic E-state index is 0.103. The highest BCUT2D eigenvalue weighted by molar-refractivity contribution is 8.04. The molecule has 0 bridgehead atoms. The minimum atomic E-state index is -0.103. The summed E-state index contributed by atoms with van der Waals surface area (Å²) < 4.78 is 11.7. The van der Waals surface area contributed by atoms with Gasteiger partial charge in [0.25, 0.3) is 5.91 Å². The average molecular weight is 432 g/mol. The third kappa shape index (κ3) is 4.62. The fraction of sp³-hybridized carbons (Fsp3) is 0.192. The first-order chi connectivity index (χ1) is 14.9. The topological polar surface area (TPSA) is 47.6 Å². The molecule has 0 saturated heterocycles. The number of hydrogen-bond donors (Lipinski definition) is 1. The quantitative estimate of drug-likeness (QED) is 0.483. The third-order valence-electron chi connectivity index (χ3n) is 5.28. The van der Waals surface area contributed by atoms with Crippen LogP contribution in [0.1, 0.15) is 27.8 Å². The molecule has 1 N–H and O–H groups in total. The molecule has 0 atom stereocenters. The summed E-state index contributed by atoms with van der Waals surface area (Å²) in [6, 6.07) is 17.9. The lowest BCUT2D eigenvalue weighted by Crippen LogP contribution is -2.17. The maximum Gasteiger partial charge on any atom is 0.262 e. The molecule has 3 aromatic carbocycles. The minimum Gasteiger partial charge on any atom is -0.493 e. The number of fused-ring (bicyclic) bond motifs is 1. The SMILES string of the molecule is COc1cc(/C=C2\Sc3ccccc3NC2=O)ccc1OCc1c(C)cc(C)cc1C. The van der Waals surface area contributed by atoms with Gasteiger partial charge < -0.3 is 14.8 Å². The summed E-state index contributed by atoms with van der Waals surface area (Å²) in [7, 11) is 1.62. The van der Waals surface area contributed by atoms with Crippen LogP contribution in [0.15, 0.2) is 64.4 Å². The molecule has 0 radical (unpaired) electrons. The van der Waals surface area contributed by atoms with E-state index in [0.717, 1.165) is 16.1 Å². The van der Waals surface area contributed by atoms with Crippen molar-refractivity contribution >= 4 is 29.4 Å². The molecule has 5 heteroatoms. The van der Waals surface area contributed by atoms with E-state index in [1.165, 1.54) is 34.0 Å². The van der Waals surface area contributed by atoms with Gasteiger partial charge in [0.2, 0.25) is 0 Å². The van der Waals surface area contributed by atoms with Gasteiger partial charge in [0.15, 0.2) is 11.5 Å². The summed E-state index contributed by atoms with van der Waals surface area (Å²) >= 11 is 1.47. The van der Waals surface area contributed by atoms with E-state index in [0.29, 0.717) is 23.0 Å². The Hall–Kier alpha value is -3.18. The van der Waals surface area contributed by atoms with Gasteiger partial charge in [-0.15, -0.1) is 0 Å². The van der Waals surface area contributed by atoms with Crippen molar-refractivity contribution in [3.63, 3.8) is 0 Å². The zero-order valence-corrected chi connectivity index (χ0v) is 18.9. The standard InChI is InChI=1S/C26H25NO3S/c1-16-11-17(2)20(18(3)12-16)15-30-22-10-9-19(13-23(22)29-4)14-25-26(28)27-21-7-5-6-8-24(21)31-25/h5-14H,15H2,1-4H3,(H,27,28)/b25-14-. The van der Waals surface area contributed by atoms with E-state index in [-0.39, 0.29) is 5.91 Å². The summed E-state index contributed by atoms with van der Waals surface area (Å²) in [4.78, 5) is 14.1. The average Bonchev–Trinajstić information content (AvgIpc) is 2.74. The van der Waals surface area contributed by atoms with E-state index in [4.69, 9.17) is 9.47 Å². The Labute approximate surface area is 187 Å². The number of amides is 1. The predicted molar refractivity (Wildman–Crippen MR) is 127 cm³/mol. The van der Waals surface area contributed by atoms with Crippen molar-refractivity contribution in [2.24, 2.45) is 0 Å². The van der Waals surface area contributed by atoms with Gasteiger partial charge in [-0.1, -0.05) is 47.7 Å². The molecule has 4 rings (SSSR count). The van der Waals surface area contributed by atoms with Gasteiger partial charge in [-0.25, -0.2) is 0 Å². The Kier molecular flexibility index (Phi) is 6.05. The van der Waals surface area contributed by atoms with Crippen molar-refractivity contribution in [2.75, 3.05) is 12.4 Å². The number of methoxy groups -OCH3 is 1. The second-order valence-corrected chi connectivity index (χ2v) is 8.72. The first-order valence-electron chi connectivity index (χ1n) is 10.1. The largest absolute Gasteiger partial charge is 0.493 e.